The zero-order chi connectivity index (χ0) is 17.3. The number of carbonyl (C=O) groups is 1. The Balaban J connectivity index is 1.73. The predicted octanol–water partition coefficient (Wildman–Crippen LogP) is 7.12. The maximum absolute atomic E-state index is 11.5. The third kappa shape index (κ3) is 12.6. The molecule has 0 spiro atoms. The molecule has 2 heteroatoms. The van der Waals surface area contributed by atoms with Crippen molar-refractivity contribution in [3.8, 4) is 0 Å². The molecule has 0 amide bonds. The topological polar surface area (TPSA) is 26.3 Å². The fourth-order valence-corrected chi connectivity index (χ4v) is 3.07. The van der Waals surface area contributed by atoms with Crippen LogP contribution in [0.3, 0.4) is 0 Å². The van der Waals surface area contributed by atoms with Gasteiger partial charge in [0.25, 0.3) is 0 Å². The molecule has 24 heavy (non-hydrogen) atoms. The second kappa shape index (κ2) is 15.7. The highest BCUT2D eigenvalue weighted by Gasteiger charge is 2.21. The van der Waals surface area contributed by atoms with Gasteiger partial charge in [-0.2, -0.15) is 0 Å². The van der Waals surface area contributed by atoms with Gasteiger partial charge < -0.3 is 4.74 Å². The molecule has 1 fully saturated rings. The first-order valence-corrected chi connectivity index (χ1v) is 10.7. The Labute approximate surface area is 150 Å². The summed E-state index contributed by atoms with van der Waals surface area (Å²) in [4.78, 5) is 11.5. The zero-order valence-corrected chi connectivity index (χ0v) is 16.1. The van der Waals surface area contributed by atoms with E-state index in [9.17, 15) is 4.79 Å². The number of hydrogen-bond acceptors (Lipinski definition) is 2. The summed E-state index contributed by atoms with van der Waals surface area (Å²) in [5.74, 6) is 0.0253. The molecular weight excluding hydrogens is 296 g/mol. The summed E-state index contributed by atoms with van der Waals surface area (Å²) >= 11 is 0. The molecular formula is C22H40O2. The number of carbonyl (C=O) groups excluding carboxylic acids is 1. The van der Waals surface area contributed by atoms with E-state index >= 15 is 0 Å². The molecule has 0 aromatic rings. The van der Waals surface area contributed by atoms with Crippen molar-refractivity contribution in [2.75, 3.05) is 0 Å². The summed E-state index contributed by atoms with van der Waals surface area (Å²) in [5.41, 5.74) is 0. The molecule has 0 N–H and O–H groups in total. The van der Waals surface area contributed by atoms with Crippen LogP contribution in [0.15, 0.2) is 12.2 Å². The van der Waals surface area contributed by atoms with Crippen molar-refractivity contribution in [1.29, 1.82) is 0 Å². The van der Waals surface area contributed by atoms with Gasteiger partial charge in [0, 0.05) is 6.42 Å². The van der Waals surface area contributed by atoms with Gasteiger partial charge in [0.15, 0.2) is 0 Å². The number of rotatable bonds is 16. The molecule has 0 heterocycles. The van der Waals surface area contributed by atoms with Gasteiger partial charge in [0.05, 0.1) is 0 Å². The van der Waals surface area contributed by atoms with E-state index in [0.717, 1.165) is 19.3 Å². The summed E-state index contributed by atoms with van der Waals surface area (Å²) in [6.07, 6.45) is 25.8. The fourth-order valence-electron chi connectivity index (χ4n) is 3.07. The van der Waals surface area contributed by atoms with Crippen LogP contribution < -0.4 is 0 Å². The Kier molecular flexibility index (Phi) is 13.9. The molecule has 0 saturated heterocycles. The molecule has 0 radical (unpaired) electrons. The molecule has 0 atom stereocenters. The molecule has 0 aliphatic heterocycles. The lowest BCUT2D eigenvalue weighted by Gasteiger charge is -2.25. The summed E-state index contributed by atoms with van der Waals surface area (Å²) in [7, 11) is 0. The van der Waals surface area contributed by atoms with Crippen molar-refractivity contribution in [1.82, 2.24) is 0 Å². The Morgan fingerprint density at radius 1 is 0.833 bits per heavy atom. The zero-order valence-electron chi connectivity index (χ0n) is 16.1. The lowest BCUT2D eigenvalue weighted by molar-refractivity contribution is -0.153. The normalized spacial score (nSPS) is 14.9. The minimum absolute atomic E-state index is 0.0253. The average Bonchev–Trinajstić information content (AvgIpc) is 2.54. The highest BCUT2D eigenvalue weighted by atomic mass is 16.5. The van der Waals surface area contributed by atoms with E-state index in [0.29, 0.717) is 6.42 Å². The first kappa shape index (κ1) is 21.3. The number of esters is 1. The van der Waals surface area contributed by atoms with Crippen molar-refractivity contribution in [3.05, 3.63) is 12.2 Å². The highest BCUT2D eigenvalue weighted by molar-refractivity contribution is 5.69. The minimum atomic E-state index is 0.0253. The lowest BCUT2D eigenvalue weighted by Crippen LogP contribution is -2.24. The Bertz CT molecular complexity index is 318. The van der Waals surface area contributed by atoms with Crippen LogP contribution in [-0.2, 0) is 9.53 Å². The molecule has 1 aliphatic rings. The fraction of sp³-hybridized carbons (Fsp3) is 0.864. The second-order valence-electron chi connectivity index (χ2n) is 7.38. The molecule has 0 aromatic heterocycles. The van der Waals surface area contributed by atoms with Crippen molar-refractivity contribution in [3.63, 3.8) is 0 Å². The van der Waals surface area contributed by atoms with Gasteiger partial charge in [-0.15, -0.1) is 0 Å². The quantitative estimate of drug-likeness (QED) is 0.170. The standard InChI is InChI=1S/C22H40O2/c1-2-3-4-5-6-7-8-9-10-11-12-13-14-15-16-20-22(23)24-21-18-17-19-21/h9-10,21H,2-8,11-20H2,1H3/b10-9-. The Morgan fingerprint density at radius 3 is 1.92 bits per heavy atom. The van der Waals surface area contributed by atoms with E-state index in [-0.39, 0.29) is 12.1 Å². The first-order chi connectivity index (χ1) is 11.8. The molecule has 140 valence electrons. The SMILES string of the molecule is CCCCCCCC/C=C\CCCCCCCC(=O)OC1CCC1. The van der Waals surface area contributed by atoms with Gasteiger partial charge in [0.2, 0.25) is 0 Å². The third-order valence-corrected chi connectivity index (χ3v) is 4.99. The van der Waals surface area contributed by atoms with Crippen LogP contribution in [0.4, 0.5) is 0 Å². The van der Waals surface area contributed by atoms with E-state index in [2.05, 4.69) is 19.1 Å². The first-order valence-electron chi connectivity index (χ1n) is 10.7. The second-order valence-corrected chi connectivity index (χ2v) is 7.38. The van der Waals surface area contributed by atoms with Gasteiger partial charge in [-0.1, -0.05) is 70.4 Å². The van der Waals surface area contributed by atoms with Crippen LogP contribution >= 0.6 is 0 Å². The van der Waals surface area contributed by atoms with Gasteiger partial charge in [0.1, 0.15) is 6.10 Å². The van der Waals surface area contributed by atoms with Gasteiger partial charge >= 0.3 is 5.97 Å². The maximum Gasteiger partial charge on any atom is 0.306 e. The minimum Gasteiger partial charge on any atom is -0.462 e. The molecule has 1 rings (SSSR count). The van der Waals surface area contributed by atoms with E-state index < -0.39 is 0 Å². The highest BCUT2D eigenvalue weighted by Crippen LogP contribution is 2.22. The van der Waals surface area contributed by atoms with E-state index in [4.69, 9.17) is 4.74 Å². The van der Waals surface area contributed by atoms with Crippen LogP contribution in [0.25, 0.3) is 0 Å². The number of ether oxygens (including phenoxy) is 1. The number of unbranched alkanes of at least 4 members (excludes halogenated alkanes) is 11. The van der Waals surface area contributed by atoms with Crippen molar-refractivity contribution >= 4 is 5.97 Å². The molecule has 0 aromatic carbocycles. The van der Waals surface area contributed by atoms with Gasteiger partial charge in [-0.05, 0) is 51.4 Å². The van der Waals surface area contributed by atoms with Crippen molar-refractivity contribution < 1.29 is 9.53 Å². The largest absolute Gasteiger partial charge is 0.462 e. The summed E-state index contributed by atoms with van der Waals surface area (Å²) in [6.45, 7) is 2.27. The molecule has 0 bridgehead atoms. The van der Waals surface area contributed by atoms with E-state index in [1.807, 2.05) is 0 Å². The van der Waals surface area contributed by atoms with E-state index in [1.54, 1.807) is 0 Å². The third-order valence-electron chi connectivity index (χ3n) is 4.99. The predicted molar refractivity (Wildman–Crippen MR) is 103 cm³/mol. The average molecular weight is 337 g/mol. The monoisotopic (exact) mass is 336 g/mol. The van der Waals surface area contributed by atoms with Crippen molar-refractivity contribution in [2.45, 2.75) is 122 Å². The Morgan fingerprint density at radius 2 is 1.38 bits per heavy atom. The summed E-state index contributed by atoms with van der Waals surface area (Å²) < 4.78 is 5.36. The molecule has 1 aliphatic carbocycles. The van der Waals surface area contributed by atoms with Crippen LogP contribution in [0, 0.1) is 0 Å². The van der Waals surface area contributed by atoms with Crippen LogP contribution in [-0.4, -0.2) is 12.1 Å². The van der Waals surface area contributed by atoms with E-state index in [1.165, 1.54) is 83.5 Å². The number of hydrogen-bond donors (Lipinski definition) is 0. The Hall–Kier alpha value is -0.790. The van der Waals surface area contributed by atoms with Crippen LogP contribution in [0.2, 0.25) is 0 Å². The maximum atomic E-state index is 11.5. The molecule has 0 unspecified atom stereocenters. The lowest BCUT2D eigenvalue weighted by atomic mass is 9.96. The van der Waals surface area contributed by atoms with Gasteiger partial charge in [-0.25, -0.2) is 0 Å². The van der Waals surface area contributed by atoms with Crippen molar-refractivity contribution in [2.24, 2.45) is 0 Å². The molecule has 2 nitrogen and oxygen atoms in total. The van der Waals surface area contributed by atoms with Crippen LogP contribution in [0.5, 0.6) is 0 Å². The smallest absolute Gasteiger partial charge is 0.306 e. The summed E-state index contributed by atoms with van der Waals surface area (Å²) in [6, 6.07) is 0. The molecule has 1 saturated carbocycles. The number of allylic oxidation sites excluding steroid dienone is 2. The van der Waals surface area contributed by atoms with Gasteiger partial charge in [-0.3, -0.25) is 4.79 Å². The summed E-state index contributed by atoms with van der Waals surface area (Å²) in [5, 5.41) is 0. The van der Waals surface area contributed by atoms with Crippen LogP contribution in [0.1, 0.15) is 116 Å².